The highest BCUT2D eigenvalue weighted by Gasteiger charge is 2.78. The highest BCUT2D eigenvalue weighted by molar-refractivity contribution is 5.18. The Balaban J connectivity index is 2.13. The Morgan fingerprint density at radius 3 is 2.67 bits per heavy atom. The van der Waals surface area contributed by atoms with Crippen molar-refractivity contribution < 1.29 is 8.78 Å². The van der Waals surface area contributed by atoms with Gasteiger partial charge < -0.3 is 5.73 Å². The second kappa shape index (κ2) is 2.41. The largest absolute Gasteiger partial charge is 0.330 e. The van der Waals surface area contributed by atoms with Gasteiger partial charge in [-0.05, 0) is 25.8 Å². The first-order valence-corrected chi connectivity index (χ1v) is 4.73. The third-order valence-electron chi connectivity index (χ3n) is 3.64. The third-order valence-corrected chi connectivity index (χ3v) is 3.64. The van der Waals surface area contributed by atoms with Crippen molar-refractivity contribution in [1.82, 2.24) is 0 Å². The van der Waals surface area contributed by atoms with Crippen LogP contribution in [0.4, 0.5) is 8.78 Å². The molecule has 1 nitrogen and oxygen atoms in total. The topological polar surface area (TPSA) is 26.0 Å². The molecule has 0 aromatic heterocycles. The smallest absolute Gasteiger partial charge is 0.257 e. The van der Waals surface area contributed by atoms with Crippen LogP contribution in [0.1, 0.15) is 32.1 Å². The van der Waals surface area contributed by atoms with Crippen LogP contribution in [0.3, 0.4) is 0 Å². The van der Waals surface area contributed by atoms with Crippen LogP contribution in [0.25, 0.3) is 0 Å². The summed E-state index contributed by atoms with van der Waals surface area (Å²) in [6.07, 6.45) is 3.87. The fourth-order valence-electron chi connectivity index (χ4n) is 2.90. The van der Waals surface area contributed by atoms with Gasteiger partial charge in [-0.3, -0.25) is 0 Å². The molecule has 0 radical (unpaired) electrons. The molecule has 2 rings (SSSR count). The molecule has 3 heteroatoms. The zero-order valence-electron chi connectivity index (χ0n) is 7.15. The van der Waals surface area contributed by atoms with E-state index in [0.717, 1.165) is 12.8 Å². The van der Waals surface area contributed by atoms with E-state index in [9.17, 15) is 8.78 Å². The van der Waals surface area contributed by atoms with Crippen LogP contribution in [0.15, 0.2) is 0 Å². The Morgan fingerprint density at radius 1 is 1.33 bits per heavy atom. The number of fused-ring (bicyclic) bond motifs is 1. The van der Waals surface area contributed by atoms with E-state index in [0.29, 0.717) is 25.8 Å². The zero-order valence-corrected chi connectivity index (χ0v) is 7.15. The highest BCUT2D eigenvalue weighted by Crippen LogP contribution is 2.73. The molecule has 12 heavy (non-hydrogen) atoms. The Morgan fingerprint density at radius 2 is 2.08 bits per heavy atom. The molecule has 2 atom stereocenters. The van der Waals surface area contributed by atoms with Gasteiger partial charge in [-0.15, -0.1) is 0 Å². The molecule has 70 valence electrons. The molecular weight excluding hydrogens is 160 g/mol. The lowest BCUT2D eigenvalue weighted by atomic mass is 9.86. The van der Waals surface area contributed by atoms with Gasteiger partial charge in [-0.1, -0.05) is 12.8 Å². The molecule has 2 N–H and O–H groups in total. The molecule has 0 unspecified atom stereocenters. The van der Waals surface area contributed by atoms with Crippen molar-refractivity contribution in [3.05, 3.63) is 0 Å². The molecule has 0 spiro atoms. The summed E-state index contributed by atoms with van der Waals surface area (Å²) in [5, 5.41) is 0. The summed E-state index contributed by atoms with van der Waals surface area (Å²) in [6.45, 7) is 0.409. The fraction of sp³-hybridized carbons (Fsp3) is 1.00. The van der Waals surface area contributed by atoms with E-state index in [1.54, 1.807) is 0 Å². The average Bonchev–Trinajstić information content (AvgIpc) is 2.51. The van der Waals surface area contributed by atoms with E-state index in [-0.39, 0.29) is 5.92 Å². The van der Waals surface area contributed by atoms with E-state index in [4.69, 9.17) is 5.73 Å². The van der Waals surface area contributed by atoms with Gasteiger partial charge in [0.15, 0.2) is 0 Å². The summed E-state index contributed by atoms with van der Waals surface area (Å²) in [6, 6.07) is 0. The van der Waals surface area contributed by atoms with Gasteiger partial charge in [0.25, 0.3) is 5.92 Å². The van der Waals surface area contributed by atoms with Crippen molar-refractivity contribution in [1.29, 1.82) is 0 Å². The van der Waals surface area contributed by atoms with Crippen molar-refractivity contribution >= 4 is 0 Å². The summed E-state index contributed by atoms with van der Waals surface area (Å²) < 4.78 is 26.6. The van der Waals surface area contributed by atoms with Crippen molar-refractivity contribution in [3.8, 4) is 0 Å². The molecule has 0 saturated heterocycles. The molecule has 2 saturated carbocycles. The van der Waals surface area contributed by atoms with E-state index >= 15 is 0 Å². The highest BCUT2D eigenvalue weighted by atomic mass is 19.3. The summed E-state index contributed by atoms with van der Waals surface area (Å²) in [4.78, 5) is 0. The maximum absolute atomic E-state index is 13.3. The molecule has 0 bridgehead atoms. The van der Waals surface area contributed by atoms with Crippen LogP contribution in [0.2, 0.25) is 0 Å². The molecule has 0 aliphatic heterocycles. The van der Waals surface area contributed by atoms with Crippen molar-refractivity contribution in [3.63, 3.8) is 0 Å². The number of alkyl halides is 2. The maximum Gasteiger partial charge on any atom is 0.257 e. The van der Waals surface area contributed by atoms with Crippen LogP contribution in [-0.4, -0.2) is 12.5 Å². The van der Waals surface area contributed by atoms with Gasteiger partial charge >= 0.3 is 0 Å². The average molecular weight is 175 g/mol. The molecule has 0 aromatic rings. The number of hydrogen-bond donors (Lipinski definition) is 1. The van der Waals surface area contributed by atoms with Crippen LogP contribution in [-0.2, 0) is 0 Å². The Kier molecular flexibility index (Phi) is 1.69. The first kappa shape index (κ1) is 8.42. The van der Waals surface area contributed by atoms with Crippen molar-refractivity contribution in [2.24, 2.45) is 17.1 Å². The first-order valence-electron chi connectivity index (χ1n) is 4.73. The predicted molar refractivity (Wildman–Crippen MR) is 43.0 cm³/mol. The summed E-state index contributed by atoms with van der Waals surface area (Å²) >= 11 is 0. The number of nitrogens with two attached hydrogens (primary N) is 1. The van der Waals surface area contributed by atoms with Gasteiger partial charge in [0.1, 0.15) is 0 Å². The molecule has 2 aliphatic carbocycles. The fourth-order valence-corrected chi connectivity index (χ4v) is 2.90. The lowest BCUT2D eigenvalue weighted by Crippen LogP contribution is -2.18. The van der Waals surface area contributed by atoms with Gasteiger partial charge in [0.2, 0.25) is 0 Å². The standard InChI is InChI=1S/C9H15F2N/c10-9(11)7-3-1-2-4-8(7,9)5-6-12/h7H,1-6,12H2/t7-,8+/m1/s1. The molecule has 0 aromatic carbocycles. The quantitative estimate of drug-likeness (QED) is 0.683. The zero-order chi connectivity index (χ0) is 8.82. The third kappa shape index (κ3) is 0.804. The number of rotatable bonds is 2. The van der Waals surface area contributed by atoms with Gasteiger partial charge in [0.05, 0.1) is 0 Å². The van der Waals surface area contributed by atoms with Crippen molar-refractivity contribution in [2.45, 2.75) is 38.0 Å². The minimum Gasteiger partial charge on any atom is -0.330 e. The first-order chi connectivity index (χ1) is 5.65. The van der Waals surface area contributed by atoms with Crippen LogP contribution in [0, 0.1) is 11.3 Å². The normalized spacial score (nSPS) is 43.8. The van der Waals surface area contributed by atoms with Gasteiger partial charge in [-0.25, -0.2) is 8.78 Å². The minimum atomic E-state index is -2.39. The van der Waals surface area contributed by atoms with Gasteiger partial charge in [-0.2, -0.15) is 0 Å². The van der Waals surface area contributed by atoms with E-state index in [1.165, 1.54) is 0 Å². The van der Waals surface area contributed by atoms with Crippen LogP contribution in [0.5, 0.6) is 0 Å². The van der Waals surface area contributed by atoms with E-state index < -0.39 is 11.3 Å². The molecule has 0 heterocycles. The van der Waals surface area contributed by atoms with Gasteiger partial charge in [0, 0.05) is 11.3 Å². The lowest BCUT2D eigenvalue weighted by Gasteiger charge is -2.18. The summed E-state index contributed by atoms with van der Waals surface area (Å²) in [5.41, 5.74) is 4.69. The van der Waals surface area contributed by atoms with E-state index in [2.05, 4.69) is 0 Å². The monoisotopic (exact) mass is 175 g/mol. The Labute approximate surface area is 71.3 Å². The Hall–Kier alpha value is -0.180. The summed E-state index contributed by atoms with van der Waals surface area (Å²) in [5.74, 6) is -2.72. The van der Waals surface area contributed by atoms with Crippen LogP contribution < -0.4 is 5.73 Å². The van der Waals surface area contributed by atoms with Crippen molar-refractivity contribution in [2.75, 3.05) is 6.54 Å². The maximum atomic E-state index is 13.3. The van der Waals surface area contributed by atoms with E-state index in [1.807, 2.05) is 0 Å². The minimum absolute atomic E-state index is 0.331. The summed E-state index contributed by atoms with van der Waals surface area (Å²) in [7, 11) is 0. The molecule has 2 aliphatic rings. The SMILES string of the molecule is NCC[C@@]12CCCC[C@H]1C2(F)F. The van der Waals surface area contributed by atoms with Crippen LogP contribution >= 0.6 is 0 Å². The Bertz CT molecular complexity index is 189. The second-order valence-electron chi connectivity index (χ2n) is 4.12. The molecular formula is C9H15F2N. The number of hydrogen-bond acceptors (Lipinski definition) is 1. The lowest BCUT2D eigenvalue weighted by molar-refractivity contribution is 0.0542. The predicted octanol–water partition coefficient (Wildman–Crippen LogP) is 2.16. The molecule has 2 fully saturated rings. The number of halogens is 2. The molecule has 0 amide bonds. The second-order valence-corrected chi connectivity index (χ2v) is 4.12.